The van der Waals surface area contributed by atoms with Gasteiger partial charge in [0.2, 0.25) is 5.95 Å². The molecular formula is C55H33N5S. The molecule has 0 saturated heterocycles. The van der Waals surface area contributed by atoms with Crippen LogP contribution in [0, 0.1) is 0 Å². The fraction of sp³-hybridized carbons (Fsp3) is 0. The van der Waals surface area contributed by atoms with Crippen molar-refractivity contribution in [2.75, 3.05) is 0 Å². The van der Waals surface area contributed by atoms with E-state index in [0.717, 1.165) is 66.2 Å². The summed E-state index contributed by atoms with van der Waals surface area (Å²) in [6.07, 6.45) is 3.74. The molecule has 0 aliphatic heterocycles. The standard InChI is InChI=1S/C55H33N5S/c1-3-13-35(14-4-1)49-33-38-23-26-46-50(54(38)61-49)51(36-15-5-2-6-16-36)58-55(57-46)60-48-27-24-37(32-45(48)44-25-22-34-12-7-8-17-40(34)53(44)60)41-19-11-20-43-42-18-9-10-21-47(42)59(52(41)43)39-28-30-56-31-29-39/h1-33H. The van der Waals surface area contributed by atoms with Crippen molar-refractivity contribution < 1.29 is 0 Å². The number of hydrogen-bond donors (Lipinski definition) is 0. The van der Waals surface area contributed by atoms with Gasteiger partial charge in [-0.15, -0.1) is 11.3 Å². The molecule has 13 rings (SSSR count). The van der Waals surface area contributed by atoms with Crippen molar-refractivity contribution >= 4 is 86.7 Å². The summed E-state index contributed by atoms with van der Waals surface area (Å²) in [4.78, 5) is 16.7. The van der Waals surface area contributed by atoms with Crippen LogP contribution in [0.4, 0.5) is 0 Å². The van der Waals surface area contributed by atoms with Crippen LogP contribution in [0.1, 0.15) is 0 Å². The van der Waals surface area contributed by atoms with Gasteiger partial charge in [-0.05, 0) is 64.4 Å². The first-order valence-electron chi connectivity index (χ1n) is 20.5. The molecular weight excluding hydrogens is 763 g/mol. The van der Waals surface area contributed by atoms with Gasteiger partial charge in [0, 0.05) is 71.1 Å². The van der Waals surface area contributed by atoms with Crippen LogP contribution in [0.2, 0.25) is 0 Å². The minimum absolute atomic E-state index is 0.648. The first kappa shape index (κ1) is 34.0. The van der Waals surface area contributed by atoms with Crippen molar-refractivity contribution in [3.8, 4) is 44.5 Å². The van der Waals surface area contributed by atoms with Crippen molar-refractivity contribution in [3.63, 3.8) is 0 Å². The monoisotopic (exact) mass is 795 g/mol. The Hall–Kier alpha value is -7.93. The summed E-state index contributed by atoms with van der Waals surface area (Å²) in [6, 6.07) is 67.5. The summed E-state index contributed by atoms with van der Waals surface area (Å²) in [6.45, 7) is 0. The van der Waals surface area contributed by atoms with Crippen molar-refractivity contribution in [2.24, 2.45) is 0 Å². The highest BCUT2D eigenvalue weighted by Crippen LogP contribution is 2.44. The zero-order chi connectivity index (χ0) is 40.0. The van der Waals surface area contributed by atoms with Crippen LogP contribution in [-0.2, 0) is 0 Å². The molecule has 61 heavy (non-hydrogen) atoms. The van der Waals surface area contributed by atoms with Gasteiger partial charge in [-0.25, -0.2) is 9.97 Å². The summed E-state index contributed by atoms with van der Waals surface area (Å²) in [7, 11) is 0. The summed E-state index contributed by atoms with van der Waals surface area (Å²) >= 11 is 1.81. The van der Waals surface area contributed by atoms with Gasteiger partial charge in [-0.3, -0.25) is 9.55 Å². The lowest BCUT2D eigenvalue weighted by Gasteiger charge is -2.14. The molecule has 0 aliphatic rings. The number of fused-ring (bicyclic) bond motifs is 11. The fourth-order valence-electron chi connectivity index (χ4n) is 9.52. The third-order valence-electron chi connectivity index (χ3n) is 12.2. The molecule has 0 saturated carbocycles. The number of benzene rings is 8. The van der Waals surface area contributed by atoms with E-state index in [1.165, 1.54) is 47.7 Å². The quantitative estimate of drug-likeness (QED) is 0.174. The van der Waals surface area contributed by atoms with Gasteiger partial charge in [0.1, 0.15) is 0 Å². The molecule has 5 nitrogen and oxygen atoms in total. The Labute approximate surface area is 354 Å². The van der Waals surface area contributed by atoms with E-state index in [0.29, 0.717) is 5.95 Å². The summed E-state index contributed by atoms with van der Waals surface area (Å²) in [5.41, 5.74) is 12.0. The number of aromatic nitrogens is 5. The van der Waals surface area contributed by atoms with E-state index in [4.69, 9.17) is 9.97 Å². The molecule has 6 heteroatoms. The molecule has 0 unspecified atom stereocenters. The van der Waals surface area contributed by atoms with E-state index >= 15 is 0 Å². The second-order valence-electron chi connectivity index (χ2n) is 15.6. The van der Waals surface area contributed by atoms with Gasteiger partial charge in [0.25, 0.3) is 0 Å². The van der Waals surface area contributed by atoms with Crippen LogP contribution < -0.4 is 0 Å². The highest BCUT2D eigenvalue weighted by atomic mass is 32.1. The number of hydrogen-bond acceptors (Lipinski definition) is 4. The maximum absolute atomic E-state index is 5.59. The maximum atomic E-state index is 5.59. The Morgan fingerprint density at radius 3 is 1.98 bits per heavy atom. The van der Waals surface area contributed by atoms with Crippen LogP contribution in [0.15, 0.2) is 200 Å². The van der Waals surface area contributed by atoms with Gasteiger partial charge < -0.3 is 4.57 Å². The molecule has 0 amide bonds. The summed E-state index contributed by atoms with van der Waals surface area (Å²) < 4.78 is 5.87. The lowest BCUT2D eigenvalue weighted by Crippen LogP contribution is -2.04. The zero-order valence-electron chi connectivity index (χ0n) is 32.7. The van der Waals surface area contributed by atoms with Gasteiger partial charge in [0.05, 0.1) is 33.3 Å². The average molecular weight is 796 g/mol. The zero-order valence-corrected chi connectivity index (χ0v) is 33.5. The van der Waals surface area contributed by atoms with Crippen LogP contribution in [-0.4, -0.2) is 24.1 Å². The van der Waals surface area contributed by atoms with E-state index in [2.05, 4.69) is 202 Å². The Kier molecular flexibility index (Phi) is 7.41. The van der Waals surface area contributed by atoms with Crippen molar-refractivity contribution in [3.05, 3.63) is 200 Å². The van der Waals surface area contributed by atoms with Crippen molar-refractivity contribution in [2.45, 2.75) is 0 Å². The molecule has 0 bridgehead atoms. The predicted molar refractivity (Wildman–Crippen MR) is 255 cm³/mol. The van der Waals surface area contributed by atoms with E-state index in [1.807, 2.05) is 23.7 Å². The maximum Gasteiger partial charge on any atom is 0.235 e. The molecule has 5 heterocycles. The fourth-order valence-corrected chi connectivity index (χ4v) is 10.7. The number of para-hydroxylation sites is 2. The number of pyridine rings is 1. The molecule has 0 atom stereocenters. The third-order valence-corrected chi connectivity index (χ3v) is 13.4. The Morgan fingerprint density at radius 2 is 1.13 bits per heavy atom. The molecule has 0 N–H and O–H groups in total. The Bertz CT molecular complexity index is 3860. The van der Waals surface area contributed by atoms with Gasteiger partial charge in [0.15, 0.2) is 0 Å². The molecule has 8 aromatic carbocycles. The molecule has 0 aliphatic carbocycles. The first-order valence-corrected chi connectivity index (χ1v) is 21.3. The lowest BCUT2D eigenvalue weighted by atomic mass is 9.99. The minimum atomic E-state index is 0.648. The second kappa shape index (κ2) is 13.3. The summed E-state index contributed by atoms with van der Waals surface area (Å²) in [5.74, 6) is 0.648. The highest BCUT2D eigenvalue weighted by Gasteiger charge is 2.23. The van der Waals surface area contributed by atoms with Crippen molar-refractivity contribution in [1.29, 1.82) is 0 Å². The highest BCUT2D eigenvalue weighted by molar-refractivity contribution is 7.23. The van der Waals surface area contributed by atoms with Gasteiger partial charge >= 0.3 is 0 Å². The van der Waals surface area contributed by atoms with E-state index < -0.39 is 0 Å². The number of thiophene rings is 1. The van der Waals surface area contributed by atoms with E-state index in [1.54, 1.807) is 0 Å². The SMILES string of the molecule is c1ccc(-c2cc3ccc4nc(-n5c6ccc(-c7cccc8c9ccccc9n(-c9ccncc9)c78)cc6c6ccc7ccccc7c65)nc(-c5ccccc5)c4c3s2)cc1. The molecule has 284 valence electrons. The molecule has 0 spiro atoms. The molecule has 0 fully saturated rings. The van der Waals surface area contributed by atoms with Crippen LogP contribution in [0.3, 0.4) is 0 Å². The molecule has 5 aromatic heterocycles. The molecule has 0 radical (unpaired) electrons. The molecule has 13 aromatic rings. The second-order valence-corrected chi connectivity index (χ2v) is 16.7. The number of nitrogens with zero attached hydrogens (tertiary/aromatic N) is 5. The Balaban J connectivity index is 1.10. The van der Waals surface area contributed by atoms with E-state index in [9.17, 15) is 0 Å². The van der Waals surface area contributed by atoms with Crippen molar-refractivity contribution in [1.82, 2.24) is 24.1 Å². The normalized spacial score (nSPS) is 11.9. The van der Waals surface area contributed by atoms with Gasteiger partial charge in [-0.2, -0.15) is 0 Å². The average Bonchev–Trinajstić information content (AvgIpc) is 4.03. The van der Waals surface area contributed by atoms with Crippen LogP contribution in [0.25, 0.3) is 120 Å². The third kappa shape index (κ3) is 5.16. The Morgan fingerprint density at radius 1 is 0.426 bits per heavy atom. The topological polar surface area (TPSA) is 48.5 Å². The van der Waals surface area contributed by atoms with E-state index in [-0.39, 0.29) is 0 Å². The smallest absolute Gasteiger partial charge is 0.235 e. The lowest BCUT2D eigenvalue weighted by molar-refractivity contribution is 1.02. The summed E-state index contributed by atoms with van der Waals surface area (Å²) in [5, 5.41) is 9.33. The first-order chi connectivity index (χ1) is 30.3. The predicted octanol–water partition coefficient (Wildman–Crippen LogP) is 14.6. The van der Waals surface area contributed by atoms with Gasteiger partial charge in [-0.1, -0.05) is 146 Å². The largest absolute Gasteiger partial charge is 0.309 e. The number of rotatable bonds is 5. The minimum Gasteiger partial charge on any atom is -0.309 e. The van der Waals surface area contributed by atoms with Crippen LogP contribution in [0.5, 0.6) is 0 Å². The van der Waals surface area contributed by atoms with Crippen LogP contribution >= 0.6 is 11.3 Å².